The third kappa shape index (κ3) is 0.560. The lowest BCUT2D eigenvalue weighted by molar-refractivity contribution is 1.18. The van der Waals surface area contributed by atoms with Crippen molar-refractivity contribution in [3.63, 3.8) is 0 Å². The minimum absolute atomic E-state index is 0.806. The van der Waals surface area contributed by atoms with Gasteiger partial charge in [0, 0.05) is 6.08 Å². The maximum Gasteiger partial charge on any atom is 0.410 e. The first kappa shape index (κ1) is 5.24. The normalized spacial score (nSPS) is 13.1. The largest absolute Gasteiger partial charge is 0.410 e. The van der Waals surface area contributed by atoms with Crippen molar-refractivity contribution < 1.29 is 0 Å². The highest BCUT2D eigenvalue weighted by Gasteiger charge is 2.02. The molecule has 0 spiro atoms. The summed E-state index contributed by atoms with van der Waals surface area (Å²) in [4.78, 5) is 6.99. The average Bonchev–Trinajstić information content (AvgIpc) is 2.36. The standard InChI is InChI=1S/C7H5N3/c1-5-2-3-8-7-6(5)9-4-10-7/h2,4H,1H3/p+1. The van der Waals surface area contributed by atoms with Crippen LogP contribution in [0.15, 0.2) is 12.4 Å². The van der Waals surface area contributed by atoms with E-state index in [1.165, 1.54) is 0 Å². The summed E-state index contributed by atoms with van der Waals surface area (Å²) in [5.41, 5.74) is 1.91. The number of aromatic amines is 1. The van der Waals surface area contributed by atoms with Gasteiger partial charge in [-0.1, -0.05) is 0 Å². The molecule has 0 fully saturated rings. The fourth-order valence-electron chi connectivity index (χ4n) is 0.923. The van der Waals surface area contributed by atoms with Gasteiger partial charge < -0.3 is 0 Å². The molecule has 0 unspecified atom stereocenters. The Bertz CT molecular complexity index is 439. The fraction of sp³-hybridized carbons (Fsp3) is 0.143. The molecule has 1 aromatic rings. The van der Waals surface area contributed by atoms with Crippen LogP contribution in [0.4, 0.5) is 0 Å². The van der Waals surface area contributed by atoms with Gasteiger partial charge in [-0.05, 0) is 12.5 Å². The molecule has 0 bridgehead atoms. The lowest BCUT2D eigenvalue weighted by Gasteiger charge is -1.78. The Labute approximate surface area is 57.2 Å². The number of imidazole rings is 1. The molecule has 1 aromatic heterocycles. The molecular formula is C7H6N3+. The molecule has 48 valence electrons. The van der Waals surface area contributed by atoms with Gasteiger partial charge in [-0.3, -0.25) is 0 Å². The molecule has 0 aliphatic carbocycles. The van der Waals surface area contributed by atoms with Gasteiger partial charge in [0.2, 0.25) is 0 Å². The van der Waals surface area contributed by atoms with Crippen molar-refractivity contribution in [2.24, 2.45) is 0 Å². The predicted molar refractivity (Wildman–Crippen MR) is 37.7 cm³/mol. The van der Waals surface area contributed by atoms with E-state index in [1.54, 1.807) is 6.33 Å². The molecule has 0 atom stereocenters. The Morgan fingerprint density at radius 1 is 1.70 bits per heavy atom. The van der Waals surface area contributed by atoms with Crippen LogP contribution in [0.2, 0.25) is 0 Å². The van der Waals surface area contributed by atoms with E-state index < -0.39 is 0 Å². The Kier molecular flexibility index (Phi) is 0.896. The molecular weight excluding hydrogens is 126 g/mol. The molecule has 3 heteroatoms. The molecule has 3 nitrogen and oxygen atoms in total. The van der Waals surface area contributed by atoms with Crippen LogP contribution < -0.4 is 15.5 Å². The number of aromatic nitrogens is 2. The molecule has 2 rings (SSSR count). The summed E-state index contributed by atoms with van der Waals surface area (Å²) in [5.74, 6) is 2.77. The van der Waals surface area contributed by atoms with Crippen LogP contribution in [-0.4, -0.2) is 15.8 Å². The highest BCUT2D eigenvalue weighted by Crippen LogP contribution is 1.85. The number of H-pyrrole nitrogens is 1. The highest BCUT2D eigenvalue weighted by molar-refractivity contribution is 5.70. The summed E-state index contributed by atoms with van der Waals surface area (Å²) in [6, 6.07) is 0. The summed E-state index contributed by atoms with van der Waals surface area (Å²) in [6.07, 6.45) is 3.46. The second-order valence-electron chi connectivity index (χ2n) is 2.17. The predicted octanol–water partition coefficient (Wildman–Crippen LogP) is -1.49. The maximum absolute atomic E-state index is 4.08. The number of nitrogens with one attached hydrogen (secondary N) is 1. The molecule has 0 amide bonds. The van der Waals surface area contributed by atoms with Gasteiger partial charge in [0.25, 0.3) is 0 Å². The van der Waals surface area contributed by atoms with Gasteiger partial charge in [0.15, 0.2) is 17.5 Å². The number of allylic oxidation sites excluding steroid dienone is 1. The van der Waals surface area contributed by atoms with E-state index in [0.717, 1.165) is 16.4 Å². The molecule has 2 heterocycles. The van der Waals surface area contributed by atoms with Crippen molar-refractivity contribution in [2.75, 3.05) is 0 Å². The second kappa shape index (κ2) is 1.71. The third-order valence-electron chi connectivity index (χ3n) is 1.45. The topological polar surface area (TPSA) is 42.8 Å². The molecule has 10 heavy (non-hydrogen) atoms. The van der Waals surface area contributed by atoms with E-state index in [9.17, 15) is 0 Å². The van der Waals surface area contributed by atoms with Crippen molar-refractivity contribution in [1.29, 1.82) is 0 Å². The summed E-state index contributed by atoms with van der Waals surface area (Å²) in [5, 5.41) is 0.929. The minimum Gasteiger partial charge on any atom is -0.214 e. The van der Waals surface area contributed by atoms with Crippen molar-refractivity contribution >= 4 is 11.4 Å². The molecule has 1 N–H and O–H groups in total. The summed E-state index contributed by atoms with van der Waals surface area (Å²) in [6.45, 7) is 1.99. The Balaban J connectivity index is 3.19. The zero-order valence-electron chi connectivity index (χ0n) is 5.55. The first-order chi connectivity index (χ1) is 4.88. The van der Waals surface area contributed by atoms with Crippen LogP contribution in [0, 0.1) is 0 Å². The maximum atomic E-state index is 4.08. The first-order valence-electron chi connectivity index (χ1n) is 3.05. The summed E-state index contributed by atoms with van der Waals surface area (Å²) >= 11 is 0. The lowest BCUT2D eigenvalue weighted by atomic mass is 10.3. The van der Waals surface area contributed by atoms with Gasteiger partial charge in [0.05, 0.1) is 0 Å². The average molecular weight is 132 g/mol. The van der Waals surface area contributed by atoms with Crippen molar-refractivity contribution in [1.82, 2.24) is 14.6 Å². The van der Waals surface area contributed by atoms with E-state index in [4.69, 9.17) is 0 Å². The Morgan fingerprint density at radius 3 is 3.40 bits per heavy atom. The van der Waals surface area contributed by atoms with E-state index in [2.05, 4.69) is 20.5 Å². The van der Waals surface area contributed by atoms with Crippen LogP contribution in [0.1, 0.15) is 6.92 Å². The van der Waals surface area contributed by atoms with Gasteiger partial charge >= 0.3 is 5.49 Å². The number of hydrogen-bond donors (Lipinski definition) is 1. The van der Waals surface area contributed by atoms with Crippen LogP contribution in [-0.2, 0) is 0 Å². The summed E-state index contributed by atoms with van der Waals surface area (Å²) in [7, 11) is 0. The first-order valence-corrected chi connectivity index (χ1v) is 3.05. The minimum atomic E-state index is 0.806. The quantitative estimate of drug-likeness (QED) is 0.429. The zero-order chi connectivity index (χ0) is 6.97. The van der Waals surface area contributed by atoms with E-state index in [0.29, 0.717) is 0 Å². The van der Waals surface area contributed by atoms with E-state index >= 15 is 0 Å². The Morgan fingerprint density at radius 2 is 2.60 bits per heavy atom. The zero-order valence-corrected chi connectivity index (χ0v) is 5.55. The van der Waals surface area contributed by atoms with E-state index in [-0.39, 0.29) is 0 Å². The van der Waals surface area contributed by atoms with Gasteiger partial charge in [-0.25, -0.2) is 9.97 Å². The molecule has 0 aromatic carbocycles. The highest BCUT2D eigenvalue weighted by atomic mass is 14.9. The summed E-state index contributed by atoms with van der Waals surface area (Å²) < 4.78 is 3.96. The van der Waals surface area contributed by atoms with Crippen molar-refractivity contribution in [3.05, 3.63) is 23.2 Å². The van der Waals surface area contributed by atoms with Gasteiger partial charge in [-0.2, -0.15) is 4.67 Å². The number of fused-ring (bicyclic) bond motifs is 1. The van der Waals surface area contributed by atoms with Crippen LogP contribution in [0.5, 0.6) is 0 Å². The monoisotopic (exact) mass is 132 g/mol. The Hall–Kier alpha value is -1.56. The van der Waals surface area contributed by atoms with E-state index in [1.807, 2.05) is 13.0 Å². The molecule has 1 aliphatic rings. The fourth-order valence-corrected chi connectivity index (χ4v) is 0.923. The van der Waals surface area contributed by atoms with Gasteiger partial charge in [-0.15, -0.1) is 0 Å². The van der Waals surface area contributed by atoms with Crippen LogP contribution in [0.25, 0.3) is 5.57 Å². The number of nitrogens with zero attached hydrogens (tertiary/aromatic N) is 2. The SMILES string of the molecule is CC1=c2nc[nH]c2=[N+]=C=C1. The van der Waals surface area contributed by atoms with Crippen LogP contribution in [0.3, 0.4) is 0 Å². The number of hydrogen-bond acceptors (Lipinski definition) is 1. The van der Waals surface area contributed by atoms with Crippen molar-refractivity contribution in [3.8, 4) is 0 Å². The molecule has 1 aliphatic heterocycles. The second-order valence-corrected chi connectivity index (χ2v) is 2.17. The number of rotatable bonds is 0. The molecule has 0 radical (unpaired) electrons. The molecule has 0 saturated heterocycles. The third-order valence-corrected chi connectivity index (χ3v) is 1.45. The lowest BCUT2D eigenvalue weighted by Crippen LogP contribution is -2.30. The van der Waals surface area contributed by atoms with Crippen LogP contribution >= 0.6 is 0 Å². The van der Waals surface area contributed by atoms with Crippen molar-refractivity contribution in [2.45, 2.75) is 6.92 Å². The smallest absolute Gasteiger partial charge is 0.214 e. The molecule has 0 saturated carbocycles. The van der Waals surface area contributed by atoms with Gasteiger partial charge in [0.1, 0.15) is 0 Å².